The van der Waals surface area contributed by atoms with Gasteiger partial charge in [0, 0.05) is 15.7 Å². The van der Waals surface area contributed by atoms with Gasteiger partial charge in [0.1, 0.15) is 5.78 Å². The van der Waals surface area contributed by atoms with Crippen LogP contribution in [0.5, 0.6) is 0 Å². The van der Waals surface area contributed by atoms with Gasteiger partial charge in [-0.2, -0.15) is 0 Å². The van der Waals surface area contributed by atoms with E-state index in [1.807, 2.05) is 0 Å². The highest BCUT2D eigenvalue weighted by atomic mass is 16.1. The van der Waals surface area contributed by atoms with E-state index in [2.05, 4.69) is 27.7 Å². The highest BCUT2D eigenvalue weighted by Crippen LogP contribution is 2.16. The van der Waals surface area contributed by atoms with Crippen LogP contribution >= 0.6 is 0 Å². The van der Waals surface area contributed by atoms with Crippen LogP contribution in [0.2, 0.25) is 0 Å². The number of Topliss-reactive ketones (excluding diaryl/α,β-unsaturated/α-hetero) is 1. The van der Waals surface area contributed by atoms with Gasteiger partial charge in [0.05, 0.1) is 0 Å². The van der Waals surface area contributed by atoms with Crippen LogP contribution in [0.15, 0.2) is 0 Å². The number of nitrogens with two attached hydrogens (primary N) is 1. The van der Waals surface area contributed by atoms with Crippen molar-refractivity contribution in [1.82, 2.24) is 0 Å². The second kappa shape index (κ2) is 7.54. The SMILES string of the molecule is CC(=O)CCC(N)=O.CCC(C)(C)C.[HH].[HH]. The molecule has 0 rings (SSSR count). The van der Waals surface area contributed by atoms with Gasteiger partial charge >= 0.3 is 0 Å². The van der Waals surface area contributed by atoms with Crippen molar-refractivity contribution in [2.24, 2.45) is 11.1 Å². The van der Waals surface area contributed by atoms with Crippen molar-refractivity contribution in [1.29, 1.82) is 0 Å². The van der Waals surface area contributed by atoms with Gasteiger partial charge in [-0.15, -0.1) is 0 Å². The Bertz CT molecular complexity index is 175. The summed E-state index contributed by atoms with van der Waals surface area (Å²) < 4.78 is 0. The molecule has 0 unspecified atom stereocenters. The van der Waals surface area contributed by atoms with Gasteiger partial charge in [0.25, 0.3) is 0 Å². The molecule has 1 amide bonds. The van der Waals surface area contributed by atoms with Crippen LogP contribution in [-0.2, 0) is 9.59 Å². The fraction of sp³-hybridized carbons (Fsp3) is 0.818. The Morgan fingerprint density at radius 2 is 1.57 bits per heavy atom. The molecule has 0 atom stereocenters. The minimum Gasteiger partial charge on any atom is -0.370 e. The lowest BCUT2D eigenvalue weighted by Crippen LogP contribution is -2.11. The van der Waals surface area contributed by atoms with Crippen molar-refractivity contribution >= 4 is 11.7 Å². The van der Waals surface area contributed by atoms with Crippen LogP contribution in [0, 0.1) is 5.41 Å². The molecular weight excluding hydrogens is 178 g/mol. The van der Waals surface area contributed by atoms with Crippen LogP contribution in [-0.4, -0.2) is 11.7 Å². The molecule has 0 spiro atoms. The molecule has 2 N–H and O–H groups in total. The first kappa shape index (κ1) is 15.6. The largest absolute Gasteiger partial charge is 0.370 e. The molecule has 0 aromatic heterocycles. The number of primary amides is 1. The molecule has 0 aromatic carbocycles. The van der Waals surface area contributed by atoms with Gasteiger partial charge in [-0.3, -0.25) is 4.79 Å². The first-order valence-electron chi connectivity index (χ1n) is 4.96. The zero-order valence-electron chi connectivity index (χ0n) is 10.0. The van der Waals surface area contributed by atoms with Gasteiger partial charge in [-0.1, -0.05) is 34.1 Å². The number of ketones is 1. The Morgan fingerprint density at radius 1 is 1.21 bits per heavy atom. The van der Waals surface area contributed by atoms with Crippen molar-refractivity contribution < 1.29 is 12.4 Å². The van der Waals surface area contributed by atoms with Crippen molar-refractivity contribution in [2.45, 2.75) is 53.9 Å². The Hall–Kier alpha value is -0.860. The molecule has 3 heteroatoms. The van der Waals surface area contributed by atoms with E-state index in [-0.39, 0.29) is 21.5 Å². The second-order valence-electron chi connectivity index (χ2n) is 4.58. The zero-order chi connectivity index (χ0) is 11.8. The maximum Gasteiger partial charge on any atom is 0.217 e. The van der Waals surface area contributed by atoms with Gasteiger partial charge in [0.15, 0.2) is 0 Å². The average Bonchev–Trinajstić information content (AvgIpc) is 2.01. The van der Waals surface area contributed by atoms with E-state index in [9.17, 15) is 9.59 Å². The summed E-state index contributed by atoms with van der Waals surface area (Å²) in [5, 5.41) is 0. The maximum absolute atomic E-state index is 10.1. The minimum atomic E-state index is -0.416. The number of amides is 1. The Balaban J connectivity index is -0.0000000825. The van der Waals surface area contributed by atoms with E-state index in [1.165, 1.54) is 13.3 Å². The lowest BCUT2D eigenvalue weighted by Gasteiger charge is -2.12. The normalized spacial score (nSPS) is 10.1. The van der Waals surface area contributed by atoms with Gasteiger partial charge in [0.2, 0.25) is 5.91 Å². The molecule has 0 radical (unpaired) electrons. The number of hydrogen-bond acceptors (Lipinski definition) is 2. The standard InChI is InChI=1S/C6H14.C5H9NO2.2H2/c1-5-6(2,3)4;1-4(7)2-3-5(6)8;;/h5H2,1-4H3;2-3H2,1H3,(H2,6,8);2*1H. The summed E-state index contributed by atoms with van der Waals surface area (Å²) in [7, 11) is 0. The van der Waals surface area contributed by atoms with Crippen LogP contribution < -0.4 is 5.73 Å². The second-order valence-corrected chi connectivity index (χ2v) is 4.58. The summed E-state index contributed by atoms with van der Waals surface area (Å²) in [5.41, 5.74) is 5.29. The van der Waals surface area contributed by atoms with E-state index in [0.29, 0.717) is 5.41 Å². The van der Waals surface area contributed by atoms with Gasteiger partial charge in [-0.25, -0.2) is 0 Å². The van der Waals surface area contributed by atoms with E-state index in [4.69, 9.17) is 5.73 Å². The molecule has 14 heavy (non-hydrogen) atoms. The molecule has 0 bridgehead atoms. The molecule has 0 fully saturated rings. The third-order valence-electron chi connectivity index (χ3n) is 1.78. The average molecular weight is 205 g/mol. The molecule has 88 valence electrons. The summed E-state index contributed by atoms with van der Waals surface area (Å²) in [6.07, 6.45) is 1.72. The molecule has 0 saturated carbocycles. The first-order valence-corrected chi connectivity index (χ1v) is 4.96. The van der Waals surface area contributed by atoms with Crippen LogP contribution in [0.25, 0.3) is 0 Å². The lowest BCUT2D eigenvalue weighted by molar-refractivity contribution is -0.122. The summed E-state index contributed by atoms with van der Waals surface area (Å²) >= 11 is 0. The molecule has 0 saturated heterocycles. The monoisotopic (exact) mass is 205 g/mol. The fourth-order valence-corrected chi connectivity index (χ4v) is 0.299. The van der Waals surface area contributed by atoms with Crippen molar-refractivity contribution in [2.75, 3.05) is 0 Å². The Labute approximate surface area is 90.0 Å². The van der Waals surface area contributed by atoms with Crippen molar-refractivity contribution in [3.8, 4) is 0 Å². The van der Waals surface area contributed by atoms with Crippen molar-refractivity contribution in [3.05, 3.63) is 0 Å². The summed E-state index contributed by atoms with van der Waals surface area (Å²) in [4.78, 5) is 20.1. The van der Waals surface area contributed by atoms with Crippen LogP contribution in [0.4, 0.5) is 0 Å². The molecule has 0 aliphatic heterocycles. The Morgan fingerprint density at radius 3 is 1.64 bits per heavy atom. The first-order chi connectivity index (χ1) is 6.19. The summed E-state index contributed by atoms with van der Waals surface area (Å²) in [6, 6.07) is 0. The summed E-state index contributed by atoms with van der Waals surface area (Å²) in [6.45, 7) is 10.4. The number of hydrogen-bond donors (Lipinski definition) is 1. The van der Waals surface area contributed by atoms with E-state index >= 15 is 0 Å². The molecule has 0 aliphatic carbocycles. The molecular formula is C11H27NO2. The van der Waals surface area contributed by atoms with Crippen molar-refractivity contribution in [3.63, 3.8) is 0 Å². The number of carbonyl (C=O) groups excluding carboxylic acids is 2. The van der Waals surface area contributed by atoms with E-state index < -0.39 is 5.91 Å². The van der Waals surface area contributed by atoms with E-state index in [1.54, 1.807) is 0 Å². The highest BCUT2D eigenvalue weighted by Gasteiger charge is 2.03. The smallest absolute Gasteiger partial charge is 0.217 e. The predicted molar refractivity (Wildman–Crippen MR) is 63.1 cm³/mol. The third-order valence-corrected chi connectivity index (χ3v) is 1.78. The molecule has 3 nitrogen and oxygen atoms in total. The predicted octanol–water partition coefficient (Wildman–Crippen LogP) is 2.78. The molecule has 0 heterocycles. The molecule has 0 aromatic rings. The van der Waals surface area contributed by atoms with E-state index in [0.717, 1.165) is 0 Å². The number of rotatable bonds is 3. The maximum atomic E-state index is 10.1. The summed E-state index contributed by atoms with van der Waals surface area (Å²) in [5.74, 6) is -0.413. The minimum absolute atomic E-state index is 0. The third kappa shape index (κ3) is 22.5. The molecule has 0 aliphatic rings. The fourth-order valence-electron chi connectivity index (χ4n) is 0.299. The van der Waals surface area contributed by atoms with Crippen LogP contribution in [0.1, 0.15) is 56.7 Å². The number of carbonyl (C=O) groups is 2. The quantitative estimate of drug-likeness (QED) is 0.770. The zero-order valence-corrected chi connectivity index (χ0v) is 10.0. The lowest BCUT2D eigenvalue weighted by atomic mass is 9.94. The van der Waals surface area contributed by atoms with Crippen LogP contribution in [0.3, 0.4) is 0 Å². The Kier molecular flexibility index (Phi) is 8.40. The van der Waals surface area contributed by atoms with Gasteiger partial charge in [-0.05, 0) is 12.3 Å². The van der Waals surface area contributed by atoms with Gasteiger partial charge < -0.3 is 10.5 Å². The topological polar surface area (TPSA) is 60.2 Å². The highest BCUT2D eigenvalue weighted by molar-refractivity contribution is 5.82.